The van der Waals surface area contributed by atoms with Gasteiger partial charge in [-0.2, -0.15) is 39.5 Å². The monoisotopic (exact) mass is 581 g/mol. The van der Waals surface area contributed by atoms with Gasteiger partial charge in [0.15, 0.2) is 0 Å². The first-order chi connectivity index (χ1) is 18.6. The number of halogens is 9. The second-order valence-corrected chi connectivity index (χ2v) is 9.48. The first kappa shape index (κ1) is 31.5. The summed E-state index contributed by atoms with van der Waals surface area (Å²) < 4.78 is 127. The third-order valence-electron chi connectivity index (χ3n) is 6.78. The van der Waals surface area contributed by atoms with E-state index in [-0.39, 0.29) is 32.4 Å². The molecule has 0 amide bonds. The van der Waals surface area contributed by atoms with Crippen molar-refractivity contribution in [3.8, 4) is 0 Å². The highest BCUT2D eigenvalue weighted by Crippen LogP contribution is 2.46. The number of likely N-dealkylation sites (tertiary alicyclic amines) is 1. The van der Waals surface area contributed by atoms with Crippen LogP contribution < -0.4 is 0 Å². The van der Waals surface area contributed by atoms with Gasteiger partial charge in [-0.15, -0.1) is 0 Å². The molecule has 0 aromatic heterocycles. The molecule has 3 rings (SSSR count). The zero-order valence-corrected chi connectivity index (χ0v) is 21.7. The Morgan fingerprint density at radius 3 is 2.05 bits per heavy atom. The minimum atomic E-state index is -4.94. The van der Waals surface area contributed by atoms with Crippen molar-refractivity contribution in [2.24, 2.45) is 0 Å². The van der Waals surface area contributed by atoms with Gasteiger partial charge in [-0.1, -0.05) is 31.1 Å². The SMILES string of the molecule is CCCC(c1cc(C(F)(F)F)ccc1C(F)(F)F)N1CC/C(=C\C(=O)OCC)CC1c1ccc(C(F)(F)F)cc1. The number of ether oxygens (including phenoxy) is 1. The maximum atomic E-state index is 14.0. The predicted octanol–water partition coefficient (Wildman–Crippen LogP) is 8.91. The zero-order chi connectivity index (χ0) is 29.9. The van der Waals surface area contributed by atoms with Crippen LogP contribution in [0.4, 0.5) is 39.5 Å². The number of hydrogen-bond acceptors (Lipinski definition) is 3. The summed E-state index contributed by atoms with van der Waals surface area (Å²) in [5.41, 5.74) is -3.04. The summed E-state index contributed by atoms with van der Waals surface area (Å²) in [6.45, 7) is 3.43. The lowest BCUT2D eigenvalue weighted by Gasteiger charge is -2.43. The van der Waals surface area contributed by atoms with Gasteiger partial charge in [0.25, 0.3) is 0 Å². The Morgan fingerprint density at radius 1 is 0.925 bits per heavy atom. The summed E-state index contributed by atoms with van der Waals surface area (Å²) in [6, 6.07) is 3.46. The van der Waals surface area contributed by atoms with Crippen molar-refractivity contribution in [3.63, 3.8) is 0 Å². The molecule has 0 spiro atoms. The molecule has 0 saturated carbocycles. The molecular weight excluding hydrogens is 553 g/mol. The van der Waals surface area contributed by atoms with Gasteiger partial charge in [0, 0.05) is 24.7 Å². The van der Waals surface area contributed by atoms with Gasteiger partial charge in [-0.05, 0) is 67.6 Å². The van der Waals surface area contributed by atoms with Crippen LogP contribution in [0.1, 0.15) is 79.4 Å². The Balaban J connectivity index is 2.16. The van der Waals surface area contributed by atoms with Crippen molar-refractivity contribution in [2.45, 2.75) is 70.1 Å². The summed E-state index contributed by atoms with van der Waals surface area (Å²) >= 11 is 0. The third kappa shape index (κ3) is 7.58. The third-order valence-corrected chi connectivity index (χ3v) is 6.78. The van der Waals surface area contributed by atoms with Crippen LogP contribution in [-0.4, -0.2) is 24.0 Å². The molecule has 0 bridgehead atoms. The van der Waals surface area contributed by atoms with Crippen molar-refractivity contribution in [1.29, 1.82) is 0 Å². The molecule has 2 atom stereocenters. The van der Waals surface area contributed by atoms with Gasteiger partial charge in [0.1, 0.15) is 0 Å². The Bertz CT molecular complexity index is 1200. The van der Waals surface area contributed by atoms with Crippen LogP contribution in [0.25, 0.3) is 0 Å². The van der Waals surface area contributed by atoms with E-state index in [1.54, 1.807) is 18.7 Å². The molecule has 1 fully saturated rings. The van der Waals surface area contributed by atoms with E-state index in [1.165, 1.54) is 18.2 Å². The number of piperidine rings is 1. The summed E-state index contributed by atoms with van der Waals surface area (Å²) in [7, 11) is 0. The van der Waals surface area contributed by atoms with Gasteiger partial charge in [-0.3, -0.25) is 4.90 Å². The molecule has 12 heteroatoms. The number of nitrogens with zero attached hydrogens (tertiary/aromatic N) is 1. The minimum Gasteiger partial charge on any atom is -0.463 e. The van der Waals surface area contributed by atoms with Gasteiger partial charge < -0.3 is 4.74 Å². The van der Waals surface area contributed by atoms with E-state index in [4.69, 9.17) is 4.74 Å². The normalized spacial score (nSPS) is 19.1. The van der Waals surface area contributed by atoms with Gasteiger partial charge in [0.2, 0.25) is 0 Å². The molecule has 0 aliphatic carbocycles. The van der Waals surface area contributed by atoms with E-state index in [0.29, 0.717) is 35.8 Å². The lowest BCUT2D eigenvalue weighted by Crippen LogP contribution is -2.38. The average molecular weight is 582 g/mol. The minimum absolute atomic E-state index is 0.0507. The molecule has 220 valence electrons. The van der Waals surface area contributed by atoms with E-state index in [9.17, 15) is 44.3 Å². The highest BCUT2D eigenvalue weighted by atomic mass is 19.4. The maximum Gasteiger partial charge on any atom is 0.416 e. The van der Waals surface area contributed by atoms with E-state index < -0.39 is 58.8 Å². The number of carbonyl (C=O) groups is 1. The number of rotatable bonds is 7. The fourth-order valence-electron chi connectivity index (χ4n) is 5.00. The fraction of sp³-hybridized carbons (Fsp3) is 0.464. The van der Waals surface area contributed by atoms with Crippen LogP contribution >= 0.6 is 0 Å². The molecule has 1 saturated heterocycles. The molecule has 0 N–H and O–H groups in total. The van der Waals surface area contributed by atoms with Crippen LogP contribution in [0.5, 0.6) is 0 Å². The number of benzene rings is 2. The topological polar surface area (TPSA) is 29.5 Å². The molecule has 2 aromatic carbocycles. The van der Waals surface area contributed by atoms with Crippen molar-refractivity contribution in [3.05, 3.63) is 81.9 Å². The van der Waals surface area contributed by atoms with Gasteiger partial charge >= 0.3 is 24.5 Å². The fourth-order valence-corrected chi connectivity index (χ4v) is 5.00. The summed E-state index contributed by atoms with van der Waals surface area (Å²) in [4.78, 5) is 13.7. The lowest BCUT2D eigenvalue weighted by atomic mass is 9.85. The summed E-state index contributed by atoms with van der Waals surface area (Å²) in [6.07, 6.45) is -12.6. The largest absolute Gasteiger partial charge is 0.463 e. The number of carbonyl (C=O) groups excluding carboxylic acids is 1. The number of alkyl halides is 9. The van der Waals surface area contributed by atoms with Crippen molar-refractivity contribution >= 4 is 5.97 Å². The lowest BCUT2D eigenvalue weighted by molar-refractivity contribution is -0.142. The molecule has 1 heterocycles. The highest BCUT2D eigenvalue weighted by molar-refractivity contribution is 5.82. The molecule has 1 aliphatic heterocycles. The zero-order valence-electron chi connectivity index (χ0n) is 21.7. The molecule has 40 heavy (non-hydrogen) atoms. The van der Waals surface area contributed by atoms with Crippen LogP contribution in [0.2, 0.25) is 0 Å². The molecule has 0 radical (unpaired) electrons. The predicted molar refractivity (Wildman–Crippen MR) is 129 cm³/mol. The standard InChI is InChI=1S/C28H28F9NO2/c1-3-5-23(21-16-20(27(32,33)34)10-11-22(21)28(35,36)37)38-13-12-17(15-25(39)40-4-2)14-24(38)18-6-8-19(9-7-18)26(29,30)31/h6-11,15-16,23-24H,3-5,12-14H2,1-2H3/b17-15+. The smallest absolute Gasteiger partial charge is 0.416 e. The molecular formula is C28H28F9NO2. The first-order valence-electron chi connectivity index (χ1n) is 12.6. The first-order valence-corrected chi connectivity index (χ1v) is 12.6. The van der Waals surface area contributed by atoms with Gasteiger partial charge in [0.05, 0.1) is 23.3 Å². The maximum absolute atomic E-state index is 14.0. The Kier molecular flexibility index (Phi) is 9.64. The Morgan fingerprint density at radius 2 is 1.52 bits per heavy atom. The van der Waals surface area contributed by atoms with Crippen LogP contribution in [0.3, 0.4) is 0 Å². The van der Waals surface area contributed by atoms with Crippen LogP contribution in [0.15, 0.2) is 54.1 Å². The highest BCUT2D eigenvalue weighted by Gasteiger charge is 2.42. The Hall–Kier alpha value is -3.02. The number of esters is 1. The average Bonchev–Trinajstić information content (AvgIpc) is 2.86. The van der Waals surface area contributed by atoms with E-state index in [2.05, 4.69) is 0 Å². The summed E-state index contributed by atoms with van der Waals surface area (Å²) in [5.74, 6) is -0.639. The quantitative estimate of drug-likeness (QED) is 0.186. The van der Waals surface area contributed by atoms with E-state index >= 15 is 0 Å². The second kappa shape index (κ2) is 12.2. The molecule has 3 nitrogen and oxygen atoms in total. The van der Waals surface area contributed by atoms with Crippen molar-refractivity contribution in [1.82, 2.24) is 4.90 Å². The molecule has 2 unspecified atom stereocenters. The van der Waals surface area contributed by atoms with E-state index in [0.717, 1.165) is 12.1 Å². The van der Waals surface area contributed by atoms with Crippen LogP contribution in [-0.2, 0) is 28.1 Å². The van der Waals surface area contributed by atoms with E-state index in [1.807, 2.05) is 0 Å². The van der Waals surface area contributed by atoms with Crippen molar-refractivity contribution in [2.75, 3.05) is 13.2 Å². The second-order valence-electron chi connectivity index (χ2n) is 9.48. The molecule has 1 aliphatic rings. The molecule has 2 aromatic rings. The van der Waals surface area contributed by atoms with Crippen LogP contribution in [0, 0.1) is 0 Å². The van der Waals surface area contributed by atoms with Gasteiger partial charge in [-0.25, -0.2) is 4.79 Å². The van der Waals surface area contributed by atoms with Crippen molar-refractivity contribution < 1.29 is 49.0 Å². The Labute approximate surface area is 225 Å². The number of hydrogen-bond donors (Lipinski definition) is 0. The summed E-state index contributed by atoms with van der Waals surface area (Å²) in [5, 5.41) is 0.